The first-order valence-corrected chi connectivity index (χ1v) is 3.79. The van der Waals surface area contributed by atoms with Crippen LogP contribution in [0.1, 0.15) is 24.3 Å². The normalized spacial score (nSPS) is 17.3. The number of hydrogen-bond donors (Lipinski definition) is 1. The highest BCUT2D eigenvalue weighted by Gasteiger charge is 2.25. The summed E-state index contributed by atoms with van der Waals surface area (Å²) in [5.41, 5.74) is 6.66. The molecule has 0 unspecified atom stereocenters. The lowest BCUT2D eigenvalue weighted by molar-refractivity contribution is -0.255. The van der Waals surface area contributed by atoms with Crippen molar-refractivity contribution in [3.8, 4) is 0 Å². The lowest BCUT2D eigenvalue weighted by Crippen LogP contribution is -2.41. The number of hydrogen-bond acceptors (Lipinski definition) is 0. The van der Waals surface area contributed by atoms with E-state index in [4.69, 9.17) is 0 Å². The molecule has 2 rings (SSSR count). The predicted octanol–water partition coefficient (Wildman–Crippen LogP) is 1.44. The van der Waals surface area contributed by atoms with Gasteiger partial charge in [0.1, 0.15) is 5.69 Å². The molecule has 10 heavy (non-hydrogen) atoms. The first-order chi connectivity index (χ1) is 4.88. The van der Waals surface area contributed by atoms with Crippen LogP contribution in [0.4, 0.5) is 5.69 Å². The summed E-state index contributed by atoms with van der Waals surface area (Å²) in [5.74, 6) is 0.841. The van der Waals surface area contributed by atoms with Gasteiger partial charge in [-0.2, -0.15) is 0 Å². The van der Waals surface area contributed by atoms with Crippen molar-refractivity contribution in [2.45, 2.75) is 18.8 Å². The van der Waals surface area contributed by atoms with Gasteiger partial charge in [-0.15, -0.1) is 0 Å². The molecule has 1 aromatic rings. The van der Waals surface area contributed by atoms with Crippen LogP contribution in [0.5, 0.6) is 0 Å². The number of quaternary nitrogens is 1. The number of rotatable bonds is 1. The summed E-state index contributed by atoms with van der Waals surface area (Å²) in [6.07, 6.45) is 2.74. The third-order valence-corrected chi connectivity index (χ3v) is 2.07. The molecule has 0 saturated heterocycles. The van der Waals surface area contributed by atoms with Crippen molar-refractivity contribution in [1.29, 1.82) is 0 Å². The molecule has 0 amide bonds. The van der Waals surface area contributed by atoms with E-state index < -0.39 is 0 Å². The lowest BCUT2D eigenvalue weighted by atomic mass is 10.1. The molecule has 0 heterocycles. The summed E-state index contributed by atoms with van der Waals surface area (Å²) >= 11 is 0. The Hall–Kier alpha value is -0.820. The molecule has 0 aromatic heterocycles. The van der Waals surface area contributed by atoms with Gasteiger partial charge in [-0.3, -0.25) is 0 Å². The Morgan fingerprint density at radius 3 is 2.50 bits per heavy atom. The summed E-state index contributed by atoms with van der Waals surface area (Å²) in [5, 5.41) is 0. The van der Waals surface area contributed by atoms with E-state index in [9.17, 15) is 0 Å². The molecule has 1 aromatic carbocycles. The standard InChI is InChI=1S/C9H11N/c10-9-4-2-1-3-8(9)7-5-6-7/h1-4,7H,5-6,10H2/p+1. The Balaban J connectivity index is 2.39. The predicted molar refractivity (Wildman–Crippen MR) is 41.0 cm³/mol. The quantitative estimate of drug-likeness (QED) is 0.602. The van der Waals surface area contributed by atoms with Crippen molar-refractivity contribution in [2.24, 2.45) is 0 Å². The van der Waals surface area contributed by atoms with Crippen LogP contribution in [-0.2, 0) is 0 Å². The maximum Gasteiger partial charge on any atom is 0.131 e. The highest BCUT2D eigenvalue weighted by molar-refractivity contribution is 5.42. The molecule has 52 valence electrons. The Kier molecular flexibility index (Phi) is 1.24. The number of benzene rings is 1. The first-order valence-electron chi connectivity index (χ1n) is 3.79. The highest BCUT2D eigenvalue weighted by atomic mass is 14.6. The third kappa shape index (κ3) is 0.929. The van der Waals surface area contributed by atoms with Crippen molar-refractivity contribution >= 4 is 5.69 Å². The molecule has 0 radical (unpaired) electrons. The van der Waals surface area contributed by atoms with Gasteiger partial charge in [-0.05, 0) is 24.8 Å². The van der Waals surface area contributed by atoms with Crippen molar-refractivity contribution in [3.05, 3.63) is 29.8 Å². The average Bonchev–Trinajstić information content (AvgIpc) is 2.71. The van der Waals surface area contributed by atoms with E-state index in [2.05, 4.69) is 23.9 Å². The molecule has 0 aliphatic heterocycles. The first kappa shape index (κ1) is 5.93. The van der Waals surface area contributed by atoms with Crippen LogP contribution in [-0.4, -0.2) is 0 Å². The van der Waals surface area contributed by atoms with E-state index in [1.165, 1.54) is 24.1 Å². The molecule has 0 bridgehead atoms. The largest absolute Gasteiger partial charge is 0.325 e. The van der Waals surface area contributed by atoms with Crippen LogP contribution in [0, 0.1) is 0 Å². The van der Waals surface area contributed by atoms with Gasteiger partial charge in [0.2, 0.25) is 0 Å². The van der Waals surface area contributed by atoms with Crippen LogP contribution in [0.15, 0.2) is 24.3 Å². The van der Waals surface area contributed by atoms with Crippen LogP contribution in [0.3, 0.4) is 0 Å². The second kappa shape index (κ2) is 2.10. The van der Waals surface area contributed by atoms with Gasteiger partial charge < -0.3 is 5.73 Å². The second-order valence-electron chi connectivity index (χ2n) is 2.97. The molecule has 3 N–H and O–H groups in total. The fourth-order valence-electron chi connectivity index (χ4n) is 1.33. The van der Waals surface area contributed by atoms with Gasteiger partial charge in [0.05, 0.1) is 0 Å². The van der Waals surface area contributed by atoms with E-state index in [1.807, 2.05) is 6.07 Å². The molecule has 1 nitrogen and oxygen atoms in total. The highest BCUT2D eigenvalue weighted by Crippen LogP contribution is 2.41. The topological polar surface area (TPSA) is 27.6 Å². The van der Waals surface area contributed by atoms with Crippen molar-refractivity contribution in [3.63, 3.8) is 0 Å². The molecular weight excluding hydrogens is 122 g/mol. The lowest BCUT2D eigenvalue weighted by Gasteiger charge is -1.96. The van der Waals surface area contributed by atoms with Crippen LogP contribution < -0.4 is 5.73 Å². The van der Waals surface area contributed by atoms with Gasteiger partial charge in [-0.25, -0.2) is 0 Å². The van der Waals surface area contributed by atoms with Gasteiger partial charge in [0.25, 0.3) is 0 Å². The summed E-state index contributed by atoms with van der Waals surface area (Å²) in [7, 11) is 0. The zero-order valence-electron chi connectivity index (χ0n) is 6.01. The fourth-order valence-corrected chi connectivity index (χ4v) is 1.33. The van der Waals surface area contributed by atoms with Gasteiger partial charge in [0, 0.05) is 5.56 Å². The van der Waals surface area contributed by atoms with E-state index in [0.717, 1.165) is 5.92 Å². The van der Waals surface area contributed by atoms with Crippen molar-refractivity contribution in [1.82, 2.24) is 0 Å². The third-order valence-electron chi connectivity index (χ3n) is 2.07. The molecular formula is C9H12N+. The zero-order chi connectivity index (χ0) is 6.97. The maximum atomic E-state index is 3.98. The summed E-state index contributed by atoms with van der Waals surface area (Å²) in [6.45, 7) is 0. The fraction of sp³-hybridized carbons (Fsp3) is 0.333. The van der Waals surface area contributed by atoms with Gasteiger partial charge in [-0.1, -0.05) is 18.2 Å². The van der Waals surface area contributed by atoms with Crippen LogP contribution in [0.2, 0.25) is 0 Å². The molecule has 1 saturated carbocycles. The summed E-state index contributed by atoms with van der Waals surface area (Å²) < 4.78 is 0. The van der Waals surface area contributed by atoms with Gasteiger partial charge in [0.15, 0.2) is 0 Å². The maximum absolute atomic E-state index is 3.98. The van der Waals surface area contributed by atoms with Gasteiger partial charge >= 0.3 is 0 Å². The second-order valence-corrected chi connectivity index (χ2v) is 2.97. The zero-order valence-corrected chi connectivity index (χ0v) is 6.01. The molecule has 1 aliphatic rings. The van der Waals surface area contributed by atoms with E-state index in [0.29, 0.717) is 0 Å². The Morgan fingerprint density at radius 2 is 1.90 bits per heavy atom. The average molecular weight is 134 g/mol. The molecule has 1 heteroatoms. The monoisotopic (exact) mass is 134 g/mol. The minimum atomic E-state index is 0.841. The minimum absolute atomic E-state index is 0.841. The Morgan fingerprint density at radius 1 is 1.20 bits per heavy atom. The Labute approximate surface area is 60.9 Å². The SMILES string of the molecule is [NH3+]c1ccccc1C1CC1. The van der Waals surface area contributed by atoms with E-state index in [-0.39, 0.29) is 0 Å². The minimum Gasteiger partial charge on any atom is -0.325 e. The summed E-state index contributed by atoms with van der Waals surface area (Å²) in [6, 6.07) is 8.43. The Bertz CT molecular complexity index is 238. The van der Waals surface area contributed by atoms with Crippen LogP contribution in [0.25, 0.3) is 0 Å². The summed E-state index contributed by atoms with van der Waals surface area (Å²) in [4.78, 5) is 0. The van der Waals surface area contributed by atoms with E-state index >= 15 is 0 Å². The van der Waals surface area contributed by atoms with Crippen molar-refractivity contribution < 1.29 is 5.73 Å². The molecule has 0 atom stereocenters. The van der Waals surface area contributed by atoms with Crippen LogP contribution >= 0.6 is 0 Å². The van der Waals surface area contributed by atoms with Crippen molar-refractivity contribution in [2.75, 3.05) is 0 Å². The van der Waals surface area contributed by atoms with E-state index in [1.54, 1.807) is 0 Å². The molecule has 1 fully saturated rings. The molecule has 0 spiro atoms. The molecule has 1 aliphatic carbocycles. The smallest absolute Gasteiger partial charge is 0.131 e.